The molecule has 0 aliphatic carbocycles. The monoisotopic (exact) mass is 367 g/mol. The van der Waals surface area contributed by atoms with E-state index in [9.17, 15) is 9.59 Å². The summed E-state index contributed by atoms with van der Waals surface area (Å²) >= 11 is 0. The van der Waals surface area contributed by atoms with Crippen LogP contribution < -0.4 is 10.6 Å². The summed E-state index contributed by atoms with van der Waals surface area (Å²) in [7, 11) is 0. The number of aromatic nitrogens is 2. The lowest BCUT2D eigenvalue weighted by Crippen LogP contribution is -2.38. The quantitative estimate of drug-likeness (QED) is 0.776. The number of anilines is 1. The third-order valence-corrected chi connectivity index (χ3v) is 5.50. The number of fused-ring (bicyclic) bond motifs is 1. The minimum Gasteiger partial charge on any atom is -0.339 e. The number of para-hydroxylation sites is 1. The summed E-state index contributed by atoms with van der Waals surface area (Å²) in [5, 5.41) is 13.3. The number of benzene rings is 1. The molecule has 0 saturated carbocycles. The molecule has 1 saturated heterocycles. The number of piperidine rings is 1. The Kier molecular flexibility index (Phi) is 4.94. The average Bonchev–Trinajstić information content (AvgIpc) is 3.13. The highest BCUT2D eigenvalue weighted by Crippen LogP contribution is 2.23. The summed E-state index contributed by atoms with van der Waals surface area (Å²) in [4.78, 5) is 27.6. The minimum absolute atomic E-state index is 0.0245. The molecule has 1 fully saturated rings. The highest BCUT2D eigenvalue weighted by Gasteiger charge is 2.25. The Balaban J connectivity index is 1.54. The number of aromatic amines is 1. The number of H-pyrrole nitrogens is 1. The first-order valence-electron chi connectivity index (χ1n) is 9.60. The van der Waals surface area contributed by atoms with Gasteiger partial charge in [0.25, 0.3) is 11.8 Å². The van der Waals surface area contributed by atoms with Gasteiger partial charge in [-0.3, -0.25) is 14.7 Å². The molecule has 0 atom stereocenters. The summed E-state index contributed by atoms with van der Waals surface area (Å²) < 4.78 is 0. The number of hydrogen-bond acceptors (Lipinski definition) is 4. The molecule has 2 amide bonds. The molecule has 2 aliphatic rings. The zero-order valence-electron chi connectivity index (χ0n) is 15.5. The highest BCUT2D eigenvalue weighted by atomic mass is 16.2. The maximum Gasteiger partial charge on any atom is 0.276 e. The van der Waals surface area contributed by atoms with Gasteiger partial charge >= 0.3 is 0 Å². The van der Waals surface area contributed by atoms with Gasteiger partial charge in [-0.15, -0.1) is 0 Å². The molecule has 3 heterocycles. The van der Waals surface area contributed by atoms with Crippen molar-refractivity contribution in [1.82, 2.24) is 20.4 Å². The van der Waals surface area contributed by atoms with Gasteiger partial charge in [-0.05, 0) is 30.9 Å². The van der Waals surface area contributed by atoms with Crippen LogP contribution in [0.3, 0.4) is 0 Å². The van der Waals surface area contributed by atoms with Gasteiger partial charge in [0.1, 0.15) is 0 Å². The van der Waals surface area contributed by atoms with E-state index < -0.39 is 0 Å². The largest absolute Gasteiger partial charge is 0.339 e. The molecule has 7 nitrogen and oxygen atoms in total. The van der Waals surface area contributed by atoms with Crippen LogP contribution in [0.4, 0.5) is 5.69 Å². The van der Waals surface area contributed by atoms with Crippen LogP contribution in [-0.4, -0.2) is 46.5 Å². The van der Waals surface area contributed by atoms with E-state index in [0.717, 1.165) is 50.2 Å². The van der Waals surface area contributed by atoms with E-state index in [2.05, 4.69) is 27.8 Å². The van der Waals surface area contributed by atoms with E-state index in [1.807, 2.05) is 17.0 Å². The molecule has 1 aromatic heterocycles. The van der Waals surface area contributed by atoms with Crippen LogP contribution in [0.15, 0.2) is 24.3 Å². The molecule has 2 aromatic rings. The highest BCUT2D eigenvalue weighted by molar-refractivity contribution is 6.08. The number of nitrogens with zero attached hydrogens (tertiary/aromatic N) is 2. The Labute approximate surface area is 158 Å². The number of amides is 2. The van der Waals surface area contributed by atoms with E-state index in [1.165, 1.54) is 0 Å². The van der Waals surface area contributed by atoms with Gasteiger partial charge in [-0.1, -0.05) is 19.1 Å². The number of likely N-dealkylation sites (tertiary alicyclic amines) is 1. The second-order valence-electron chi connectivity index (χ2n) is 7.43. The average molecular weight is 367 g/mol. The molecule has 0 spiro atoms. The minimum atomic E-state index is -0.288. The second-order valence-corrected chi connectivity index (χ2v) is 7.43. The van der Waals surface area contributed by atoms with E-state index in [4.69, 9.17) is 0 Å². The van der Waals surface area contributed by atoms with Crippen LogP contribution in [0.25, 0.3) is 0 Å². The number of carbonyl (C=O) groups is 2. The zero-order chi connectivity index (χ0) is 18.8. The van der Waals surface area contributed by atoms with Gasteiger partial charge in [0.2, 0.25) is 0 Å². The maximum absolute atomic E-state index is 13.0. The van der Waals surface area contributed by atoms with Crippen molar-refractivity contribution < 1.29 is 9.59 Å². The standard InChI is InChI=1S/C20H25N5O2/c1-13-7-10-25(11-8-13)20(27)14-4-2-3-5-16(14)22-19(26)18-15-12-21-9-6-17(15)23-24-18/h2-5,13,21H,6-12H2,1H3,(H,22,26)(H,23,24). The summed E-state index contributed by atoms with van der Waals surface area (Å²) in [6.45, 7) is 5.25. The summed E-state index contributed by atoms with van der Waals surface area (Å²) in [6, 6.07) is 7.20. The van der Waals surface area contributed by atoms with Crippen molar-refractivity contribution in [1.29, 1.82) is 0 Å². The first-order valence-corrected chi connectivity index (χ1v) is 9.60. The molecular formula is C20H25N5O2. The first kappa shape index (κ1) is 17.7. The number of carbonyl (C=O) groups excluding carboxylic acids is 2. The molecule has 3 N–H and O–H groups in total. The Morgan fingerprint density at radius 3 is 2.81 bits per heavy atom. The first-order chi connectivity index (χ1) is 13.1. The van der Waals surface area contributed by atoms with Gasteiger partial charge in [-0.2, -0.15) is 5.10 Å². The van der Waals surface area contributed by atoms with Crippen LogP contribution in [0, 0.1) is 5.92 Å². The zero-order valence-corrected chi connectivity index (χ0v) is 15.5. The maximum atomic E-state index is 13.0. The van der Waals surface area contributed by atoms with Crippen molar-refractivity contribution in [2.75, 3.05) is 25.0 Å². The molecule has 1 aromatic carbocycles. The van der Waals surface area contributed by atoms with E-state index in [-0.39, 0.29) is 11.8 Å². The predicted molar refractivity (Wildman–Crippen MR) is 103 cm³/mol. The summed E-state index contributed by atoms with van der Waals surface area (Å²) in [6.07, 6.45) is 2.87. The van der Waals surface area contributed by atoms with E-state index >= 15 is 0 Å². The van der Waals surface area contributed by atoms with Crippen molar-refractivity contribution in [3.8, 4) is 0 Å². The number of hydrogen-bond donors (Lipinski definition) is 3. The van der Waals surface area contributed by atoms with Crippen LogP contribution in [0.1, 0.15) is 51.9 Å². The fourth-order valence-electron chi connectivity index (χ4n) is 3.76. The van der Waals surface area contributed by atoms with Crippen molar-refractivity contribution >= 4 is 17.5 Å². The van der Waals surface area contributed by atoms with Crippen molar-refractivity contribution in [2.24, 2.45) is 5.92 Å². The van der Waals surface area contributed by atoms with Crippen LogP contribution in [-0.2, 0) is 13.0 Å². The Bertz CT molecular complexity index is 852. The summed E-state index contributed by atoms with van der Waals surface area (Å²) in [5.74, 6) is 0.343. The molecule has 0 unspecified atom stereocenters. The Morgan fingerprint density at radius 1 is 1.22 bits per heavy atom. The molecule has 27 heavy (non-hydrogen) atoms. The lowest BCUT2D eigenvalue weighted by molar-refractivity contribution is 0.0698. The van der Waals surface area contributed by atoms with Crippen molar-refractivity contribution in [3.05, 3.63) is 46.8 Å². The van der Waals surface area contributed by atoms with Gasteiger partial charge in [0.05, 0.1) is 11.3 Å². The van der Waals surface area contributed by atoms with Crippen LogP contribution >= 0.6 is 0 Å². The molecule has 0 bridgehead atoms. The number of nitrogens with one attached hydrogen (secondary N) is 3. The molecule has 2 aliphatic heterocycles. The van der Waals surface area contributed by atoms with Crippen LogP contribution in [0.5, 0.6) is 0 Å². The normalized spacial score (nSPS) is 17.4. The molecule has 0 radical (unpaired) electrons. The molecule has 142 valence electrons. The molecule has 4 rings (SSSR count). The van der Waals surface area contributed by atoms with Gasteiger partial charge < -0.3 is 15.5 Å². The SMILES string of the molecule is CC1CCN(C(=O)c2ccccc2NC(=O)c2n[nH]c3c2CNCC3)CC1. The van der Waals surface area contributed by atoms with Crippen molar-refractivity contribution in [3.63, 3.8) is 0 Å². The second kappa shape index (κ2) is 7.52. The third-order valence-electron chi connectivity index (χ3n) is 5.50. The fourth-order valence-corrected chi connectivity index (χ4v) is 3.76. The smallest absolute Gasteiger partial charge is 0.276 e. The summed E-state index contributed by atoms with van der Waals surface area (Å²) in [5.41, 5.74) is 3.37. The predicted octanol–water partition coefficient (Wildman–Crippen LogP) is 2.18. The third kappa shape index (κ3) is 3.60. The Hall–Kier alpha value is -2.67. The topological polar surface area (TPSA) is 90.1 Å². The molecular weight excluding hydrogens is 342 g/mol. The number of rotatable bonds is 3. The fraction of sp³-hybridized carbons (Fsp3) is 0.450. The van der Waals surface area contributed by atoms with Crippen molar-refractivity contribution in [2.45, 2.75) is 32.7 Å². The van der Waals surface area contributed by atoms with Gasteiger partial charge in [0, 0.05) is 43.9 Å². The van der Waals surface area contributed by atoms with Gasteiger partial charge in [-0.25, -0.2) is 0 Å². The Morgan fingerprint density at radius 2 is 2.00 bits per heavy atom. The van der Waals surface area contributed by atoms with E-state index in [1.54, 1.807) is 12.1 Å². The van der Waals surface area contributed by atoms with Gasteiger partial charge in [0.15, 0.2) is 5.69 Å². The lowest BCUT2D eigenvalue weighted by Gasteiger charge is -2.30. The lowest BCUT2D eigenvalue weighted by atomic mass is 9.98. The van der Waals surface area contributed by atoms with Crippen LogP contribution in [0.2, 0.25) is 0 Å². The van der Waals surface area contributed by atoms with E-state index in [0.29, 0.717) is 29.4 Å². The molecule has 7 heteroatoms.